The lowest BCUT2D eigenvalue weighted by atomic mass is 10.2. The normalized spacial score (nSPS) is 13.0. The Balaban J connectivity index is 1.73. The van der Waals surface area contributed by atoms with Crippen molar-refractivity contribution in [1.29, 1.82) is 0 Å². The maximum atomic E-state index is 12.4. The van der Waals surface area contributed by atoms with E-state index in [4.69, 9.17) is 27.9 Å². The third-order valence-corrected chi connectivity index (χ3v) is 4.20. The lowest BCUT2D eigenvalue weighted by Crippen LogP contribution is -2.44. The van der Waals surface area contributed by atoms with Crippen molar-refractivity contribution in [3.8, 4) is 0 Å². The van der Waals surface area contributed by atoms with E-state index in [9.17, 15) is 14.4 Å². The molecule has 2 amide bonds. The zero-order valence-corrected chi connectivity index (χ0v) is 14.3. The van der Waals surface area contributed by atoms with Crippen molar-refractivity contribution in [2.75, 3.05) is 23.4 Å². The molecule has 0 bridgehead atoms. The highest BCUT2D eigenvalue weighted by Crippen LogP contribution is 2.29. The number of benzene rings is 2. The van der Waals surface area contributed by atoms with E-state index in [0.29, 0.717) is 11.4 Å². The van der Waals surface area contributed by atoms with Crippen LogP contribution < -0.4 is 10.2 Å². The molecule has 8 heteroatoms. The van der Waals surface area contributed by atoms with Gasteiger partial charge in [-0.3, -0.25) is 14.5 Å². The lowest BCUT2D eigenvalue weighted by Gasteiger charge is -2.28. The van der Waals surface area contributed by atoms with Crippen LogP contribution in [-0.4, -0.2) is 30.9 Å². The first kappa shape index (κ1) is 17.3. The number of hydrogen-bond acceptors (Lipinski definition) is 4. The van der Waals surface area contributed by atoms with Gasteiger partial charge in [0.1, 0.15) is 6.54 Å². The molecule has 3 rings (SSSR count). The maximum absolute atomic E-state index is 12.4. The first-order chi connectivity index (χ1) is 12.0. The SMILES string of the molecule is O=C1CN(C(=O)COC(=O)c2c(Cl)cccc2Cl)c2ccccc2N1. The fourth-order valence-corrected chi connectivity index (χ4v) is 2.98. The lowest BCUT2D eigenvalue weighted by molar-refractivity contribution is -0.124. The average molecular weight is 379 g/mol. The van der Waals surface area contributed by atoms with E-state index < -0.39 is 18.5 Å². The molecule has 25 heavy (non-hydrogen) atoms. The molecule has 0 aromatic heterocycles. The molecule has 1 aliphatic rings. The average Bonchev–Trinajstić information content (AvgIpc) is 2.58. The second-order valence-corrected chi connectivity index (χ2v) is 6.03. The number of nitrogens with one attached hydrogen (secondary N) is 1. The van der Waals surface area contributed by atoms with Gasteiger partial charge in [-0.05, 0) is 24.3 Å². The summed E-state index contributed by atoms with van der Waals surface area (Å²) < 4.78 is 5.02. The van der Waals surface area contributed by atoms with E-state index in [1.165, 1.54) is 17.0 Å². The van der Waals surface area contributed by atoms with E-state index >= 15 is 0 Å². The van der Waals surface area contributed by atoms with Crippen molar-refractivity contribution < 1.29 is 19.1 Å². The molecular weight excluding hydrogens is 367 g/mol. The summed E-state index contributed by atoms with van der Waals surface area (Å²) in [7, 11) is 0. The van der Waals surface area contributed by atoms with Crippen molar-refractivity contribution >= 4 is 52.4 Å². The van der Waals surface area contributed by atoms with Crippen molar-refractivity contribution in [3.05, 3.63) is 58.1 Å². The monoisotopic (exact) mass is 378 g/mol. The Morgan fingerprint density at radius 1 is 1.08 bits per heavy atom. The Morgan fingerprint density at radius 3 is 2.48 bits per heavy atom. The molecule has 6 nitrogen and oxygen atoms in total. The minimum absolute atomic E-state index is 0.00424. The van der Waals surface area contributed by atoms with E-state index in [-0.39, 0.29) is 28.1 Å². The number of amides is 2. The van der Waals surface area contributed by atoms with E-state index in [1.54, 1.807) is 30.3 Å². The molecule has 0 unspecified atom stereocenters. The summed E-state index contributed by atoms with van der Waals surface area (Å²) in [5, 5.41) is 2.94. The van der Waals surface area contributed by atoms with Crippen LogP contribution in [0, 0.1) is 0 Å². The Kier molecular flexibility index (Phi) is 4.92. The number of anilines is 2. The summed E-state index contributed by atoms with van der Waals surface area (Å²) in [4.78, 5) is 37.6. The topological polar surface area (TPSA) is 75.7 Å². The van der Waals surface area contributed by atoms with Gasteiger partial charge in [0.15, 0.2) is 6.61 Å². The molecule has 1 aliphatic heterocycles. The minimum atomic E-state index is -0.807. The predicted octanol–water partition coefficient (Wildman–Crippen LogP) is 3.14. The highest BCUT2D eigenvalue weighted by atomic mass is 35.5. The Hall–Kier alpha value is -2.57. The number of halogens is 2. The molecule has 128 valence electrons. The molecule has 2 aromatic rings. The third-order valence-electron chi connectivity index (χ3n) is 3.57. The highest BCUT2D eigenvalue weighted by molar-refractivity contribution is 6.39. The van der Waals surface area contributed by atoms with Gasteiger partial charge in [-0.2, -0.15) is 0 Å². The molecule has 0 aliphatic carbocycles. The first-order valence-electron chi connectivity index (χ1n) is 7.28. The molecule has 1 heterocycles. The van der Waals surface area contributed by atoms with Crippen LogP contribution in [0.3, 0.4) is 0 Å². The van der Waals surface area contributed by atoms with Gasteiger partial charge in [-0.1, -0.05) is 41.4 Å². The highest BCUT2D eigenvalue weighted by Gasteiger charge is 2.27. The van der Waals surface area contributed by atoms with Gasteiger partial charge in [0.25, 0.3) is 5.91 Å². The van der Waals surface area contributed by atoms with Gasteiger partial charge in [-0.15, -0.1) is 0 Å². The van der Waals surface area contributed by atoms with Crippen molar-refractivity contribution in [3.63, 3.8) is 0 Å². The van der Waals surface area contributed by atoms with Crippen LogP contribution in [0.2, 0.25) is 10.0 Å². The molecule has 1 N–H and O–H groups in total. The first-order valence-corrected chi connectivity index (χ1v) is 8.03. The summed E-state index contributed by atoms with van der Waals surface area (Å²) in [5.41, 5.74) is 1.06. The van der Waals surface area contributed by atoms with Crippen LogP contribution in [0.1, 0.15) is 10.4 Å². The number of esters is 1. The van der Waals surface area contributed by atoms with Crippen LogP contribution in [0.4, 0.5) is 11.4 Å². The Morgan fingerprint density at radius 2 is 1.76 bits per heavy atom. The number of rotatable bonds is 3. The zero-order chi connectivity index (χ0) is 18.0. The smallest absolute Gasteiger partial charge is 0.341 e. The predicted molar refractivity (Wildman–Crippen MR) is 94.2 cm³/mol. The van der Waals surface area contributed by atoms with Crippen LogP contribution in [-0.2, 0) is 14.3 Å². The largest absolute Gasteiger partial charge is 0.452 e. The number of carbonyl (C=O) groups excluding carboxylic acids is 3. The van der Waals surface area contributed by atoms with E-state index in [0.717, 1.165) is 0 Å². The van der Waals surface area contributed by atoms with Gasteiger partial charge < -0.3 is 10.1 Å². The number of para-hydroxylation sites is 2. The van der Waals surface area contributed by atoms with Crippen molar-refractivity contribution in [2.24, 2.45) is 0 Å². The van der Waals surface area contributed by atoms with Crippen LogP contribution in [0.25, 0.3) is 0 Å². The summed E-state index contributed by atoms with van der Waals surface area (Å²) >= 11 is 11.9. The third kappa shape index (κ3) is 3.60. The molecule has 0 saturated heterocycles. The van der Waals surface area contributed by atoms with Gasteiger partial charge >= 0.3 is 5.97 Å². The summed E-state index contributed by atoms with van der Waals surface area (Å²) in [6.45, 7) is -0.692. The molecule has 0 saturated carbocycles. The van der Waals surface area contributed by atoms with E-state index in [1.807, 2.05) is 0 Å². The number of carbonyl (C=O) groups is 3. The fourth-order valence-electron chi connectivity index (χ4n) is 2.43. The number of nitrogens with zero attached hydrogens (tertiary/aromatic N) is 1. The number of hydrogen-bond donors (Lipinski definition) is 1. The van der Waals surface area contributed by atoms with Gasteiger partial charge in [0.2, 0.25) is 5.91 Å². The maximum Gasteiger partial charge on any atom is 0.341 e. The van der Waals surface area contributed by atoms with Crippen molar-refractivity contribution in [1.82, 2.24) is 0 Å². The molecule has 0 atom stereocenters. The molecule has 2 aromatic carbocycles. The van der Waals surface area contributed by atoms with Gasteiger partial charge in [0, 0.05) is 0 Å². The summed E-state index contributed by atoms with van der Waals surface area (Å²) in [6.07, 6.45) is 0. The Labute approximate surface area is 153 Å². The molecular formula is C17H12Cl2N2O4. The quantitative estimate of drug-likeness (QED) is 0.832. The molecule has 0 radical (unpaired) electrons. The zero-order valence-electron chi connectivity index (χ0n) is 12.8. The van der Waals surface area contributed by atoms with Gasteiger partial charge in [-0.25, -0.2) is 4.79 Å². The summed E-state index contributed by atoms with van der Waals surface area (Å²) in [6, 6.07) is 11.4. The fraction of sp³-hybridized carbons (Fsp3) is 0.118. The van der Waals surface area contributed by atoms with Crippen LogP contribution in [0.15, 0.2) is 42.5 Å². The van der Waals surface area contributed by atoms with E-state index in [2.05, 4.69) is 5.32 Å². The standard InChI is InChI=1S/C17H12Cl2N2O4/c18-10-4-3-5-11(19)16(10)17(24)25-9-15(23)21-8-14(22)20-12-6-1-2-7-13(12)21/h1-7H,8-9H2,(H,20,22). The Bertz CT molecular complexity index is 849. The minimum Gasteiger partial charge on any atom is -0.452 e. The molecule has 0 fully saturated rings. The number of ether oxygens (including phenoxy) is 1. The second kappa shape index (κ2) is 7.13. The summed E-state index contributed by atoms with van der Waals surface area (Å²) in [5.74, 6) is -1.66. The van der Waals surface area contributed by atoms with Crippen LogP contribution >= 0.6 is 23.2 Å². The second-order valence-electron chi connectivity index (χ2n) is 5.22. The molecule has 0 spiro atoms. The van der Waals surface area contributed by atoms with Crippen molar-refractivity contribution in [2.45, 2.75) is 0 Å². The van der Waals surface area contributed by atoms with Gasteiger partial charge in [0.05, 0.1) is 27.0 Å². The van der Waals surface area contributed by atoms with Crippen LogP contribution in [0.5, 0.6) is 0 Å². The number of fused-ring (bicyclic) bond motifs is 1.